The van der Waals surface area contributed by atoms with Crippen LogP contribution in [0.5, 0.6) is 0 Å². The summed E-state index contributed by atoms with van der Waals surface area (Å²) in [6, 6.07) is 6.38. The Bertz CT molecular complexity index is 1040. The number of hydrogen-bond acceptors (Lipinski definition) is 5. The van der Waals surface area contributed by atoms with Gasteiger partial charge in [-0.25, -0.2) is 9.37 Å². The number of aromatic nitrogens is 2. The van der Waals surface area contributed by atoms with Crippen LogP contribution in [0.4, 0.5) is 10.1 Å². The molecule has 8 heteroatoms. The van der Waals surface area contributed by atoms with Crippen molar-refractivity contribution >= 4 is 34.5 Å². The van der Waals surface area contributed by atoms with Crippen LogP contribution in [0.1, 0.15) is 47.7 Å². The zero-order valence-corrected chi connectivity index (χ0v) is 17.1. The van der Waals surface area contributed by atoms with Crippen molar-refractivity contribution in [1.82, 2.24) is 9.97 Å². The van der Waals surface area contributed by atoms with Crippen LogP contribution in [-0.2, 0) is 0 Å². The molecule has 4 rings (SSSR count). The molecule has 0 unspecified atom stereocenters. The highest BCUT2D eigenvalue weighted by atomic mass is 35.5. The van der Waals surface area contributed by atoms with Crippen LogP contribution in [0.3, 0.4) is 0 Å². The maximum absolute atomic E-state index is 14.1. The summed E-state index contributed by atoms with van der Waals surface area (Å²) in [5, 5.41) is 5.33. The van der Waals surface area contributed by atoms with E-state index < -0.39 is 5.82 Å². The monoisotopic (exact) mass is 430 g/mol. The van der Waals surface area contributed by atoms with Crippen molar-refractivity contribution in [3.63, 3.8) is 0 Å². The van der Waals surface area contributed by atoms with Gasteiger partial charge in [-0.1, -0.05) is 18.0 Å². The van der Waals surface area contributed by atoms with Crippen molar-refractivity contribution in [2.24, 2.45) is 5.73 Å². The Balaban J connectivity index is 1.55. The van der Waals surface area contributed by atoms with Gasteiger partial charge in [0.05, 0.1) is 11.9 Å². The molecule has 5 nitrogen and oxygen atoms in total. The number of nitrogens with one attached hydrogen (secondary N) is 1. The van der Waals surface area contributed by atoms with Crippen molar-refractivity contribution in [1.29, 1.82) is 0 Å². The van der Waals surface area contributed by atoms with Crippen molar-refractivity contribution in [3.8, 4) is 10.6 Å². The molecule has 0 spiro atoms. The second-order valence-electron chi connectivity index (χ2n) is 7.20. The molecule has 0 bridgehead atoms. The quantitative estimate of drug-likeness (QED) is 0.593. The van der Waals surface area contributed by atoms with E-state index >= 15 is 0 Å². The molecule has 3 N–H and O–H groups in total. The van der Waals surface area contributed by atoms with E-state index in [1.54, 1.807) is 17.8 Å². The number of carbonyl (C=O) groups is 1. The van der Waals surface area contributed by atoms with Gasteiger partial charge < -0.3 is 11.1 Å². The van der Waals surface area contributed by atoms with Crippen molar-refractivity contribution in [2.45, 2.75) is 37.6 Å². The summed E-state index contributed by atoms with van der Waals surface area (Å²) >= 11 is 7.15. The molecular formula is C21H20ClFN4OS. The molecule has 2 heterocycles. The summed E-state index contributed by atoms with van der Waals surface area (Å²) < 4.78 is 14.1. The summed E-state index contributed by atoms with van der Waals surface area (Å²) in [4.78, 5) is 21.2. The van der Waals surface area contributed by atoms with E-state index in [0.717, 1.165) is 31.2 Å². The number of hydrogen-bond donors (Lipinski definition) is 2. The minimum absolute atomic E-state index is 0.180. The molecule has 0 radical (unpaired) electrons. The first-order valence-corrected chi connectivity index (χ1v) is 10.7. The molecule has 1 amide bonds. The second kappa shape index (κ2) is 8.57. The number of halogens is 2. The third-order valence-electron chi connectivity index (χ3n) is 5.15. The van der Waals surface area contributed by atoms with Crippen LogP contribution < -0.4 is 11.1 Å². The van der Waals surface area contributed by atoms with Crippen LogP contribution in [0.25, 0.3) is 10.6 Å². The number of nitrogens with two attached hydrogens (primary N) is 1. The van der Waals surface area contributed by atoms with Gasteiger partial charge in [0, 0.05) is 28.2 Å². The molecule has 0 saturated heterocycles. The van der Waals surface area contributed by atoms with Gasteiger partial charge in [-0.15, -0.1) is 11.3 Å². The van der Waals surface area contributed by atoms with Gasteiger partial charge >= 0.3 is 0 Å². The highest BCUT2D eigenvalue weighted by Crippen LogP contribution is 2.36. The molecule has 0 aliphatic heterocycles. The van der Waals surface area contributed by atoms with Gasteiger partial charge in [-0.3, -0.25) is 9.78 Å². The number of rotatable bonds is 4. The molecule has 2 atom stereocenters. The smallest absolute Gasteiger partial charge is 0.275 e. The van der Waals surface area contributed by atoms with Gasteiger partial charge in [-0.2, -0.15) is 0 Å². The van der Waals surface area contributed by atoms with Gasteiger partial charge in [-0.05, 0) is 55.0 Å². The van der Waals surface area contributed by atoms with E-state index in [1.165, 1.54) is 29.5 Å². The molecule has 1 aliphatic carbocycles. The minimum Gasteiger partial charge on any atom is -0.328 e. The number of thiazole rings is 1. The Hall–Kier alpha value is -2.35. The first-order chi connectivity index (χ1) is 14.0. The van der Waals surface area contributed by atoms with E-state index in [0.29, 0.717) is 21.6 Å². The number of nitrogens with zero attached hydrogens (tertiary/aromatic N) is 2. The fraction of sp³-hybridized carbons (Fsp3) is 0.286. The lowest BCUT2D eigenvalue weighted by Crippen LogP contribution is -2.27. The Morgan fingerprint density at radius 1 is 1.31 bits per heavy atom. The van der Waals surface area contributed by atoms with Crippen LogP contribution >= 0.6 is 22.9 Å². The highest BCUT2D eigenvalue weighted by Gasteiger charge is 2.24. The summed E-state index contributed by atoms with van der Waals surface area (Å²) in [6.07, 6.45) is 7.41. The van der Waals surface area contributed by atoms with Crippen LogP contribution in [0, 0.1) is 5.82 Å². The number of anilines is 1. The fourth-order valence-corrected chi connectivity index (χ4v) is 4.71. The van der Waals surface area contributed by atoms with Gasteiger partial charge in [0.1, 0.15) is 16.5 Å². The SMILES string of the molecule is N[C@H]1CCC[C@@H](c2ccncc2NC(=O)c2csc(-c3cc(Cl)ccc3F)n2)C1. The lowest BCUT2D eigenvalue weighted by Gasteiger charge is -2.28. The van der Waals surface area contributed by atoms with E-state index in [2.05, 4.69) is 15.3 Å². The van der Waals surface area contributed by atoms with E-state index in [-0.39, 0.29) is 23.2 Å². The average molecular weight is 431 g/mol. The zero-order chi connectivity index (χ0) is 20.4. The van der Waals surface area contributed by atoms with Crippen molar-refractivity contribution < 1.29 is 9.18 Å². The third-order valence-corrected chi connectivity index (χ3v) is 6.26. The molecule has 2 aromatic heterocycles. The van der Waals surface area contributed by atoms with E-state index in [1.807, 2.05) is 6.07 Å². The molecule has 1 aliphatic rings. The summed E-state index contributed by atoms with van der Waals surface area (Å²) in [5.41, 5.74) is 8.34. The summed E-state index contributed by atoms with van der Waals surface area (Å²) in [7, 11) is 0. The third kappa shape index (κ3) is 4.47. The summed E-state index contributed by atoms with van der Waals surface area (Å²) in [6.45, 7) is 0. The van der Waals surface area contributed by atoms with Crippen molar-refractivity contribution in [2.75, 3.05) is 5.32 Å². The first kappa shape index (κ1) is 19.9. The predicted molar refractivity (Wildman–Crippen MR) is 114 cm³/mol. The van der Waals surface area contributed by atoms with Crippen LogP contribution in [-0.4, -0.2) is 21.9 Å². The van der Waals surface area contributed by atoms with Gasteiger partial charge in [0.2, 0.25) is 0 Å². The Morgan fingerprint density at radius 2 is 2.17 bits per heavy atom. The van der Waals surface area contributed by atoms with E-state index in [4.69, 9.17) is 17.3 Å². The minimum atomic E-state index is -0.432. The maximum atomic E-state index is 14.1. The predicted octanol–water partition coefficient (Wildman–Crippen LogP) is 5.23. The normalized spacial score (nSPS) is 19.1. The first-order valence-electron chi connectivity index (χ1n) is 9.43. The maximum Gasteiger partial charge on any atom is 0.275 e. The summed E-state index contributed by atoms with van der Waals surface area (Å²) in [5.74, 6) is -0.494. The van der Waals surface area contributed by atoms with E-state index in [9.17, 15) is 9.18 Å². The lowest BCUT2D eigenvalue weighted by atomic mass is 9.81. The molecule has 150 valence electrons. The second-order valence-corrected chi connectivity index (χ2v) is 8.50. The molecule has 1 fully saturated rings. The molecule has 3 aromatic rings. The molecule has 29 heavy (non-hydrogen) atoms. The Kier molecular flexibility index (Phi) is 5.89. The zero-order valence-electron chi connectivity index (χ0n) is 15.6. The standard InChI is InChI=1S/C21H20ClFN4OS/c22-13-4-5-17(23)16(9-13)21-27-19(11-29-21)20(28)26-18-10-25-7-6-15(18)12-2-1-3-14(24)8-12/h4-7,9-12,14H,1-3,8,24H2,(H,26,28)/t12-,14+/m1/s1. The lowest BCUT2D eigenvalue weighted by molar-refractivity contribution is 0.102. The Labute approximate surface area is 177 Å². The largest absolute Gasteiger partial charge is 0.328 e. The number of pyridine rings is 1. The highest BCUT2D eigenvalue weighted by molar-refractivity contribution is 7.13. The Morgan fingerprint density at radius 3 is 3.00 bits per heavy atom. The molecule has 1 aromatic carbocycles. The molecular weight excluding hydrogens is 411 g/mol. The van der Waals surface area contributed by atoms with Crippen molar-refractivity contribution in [3.05, 3.63) is 64.1 Å². The van der Waals surface area contributed by atoms with Gasteiger partial charge in [0.15, 0.2) is 0 Å². The average Bonchev–Trinajstić information content (AvgIpc) is 3.20. The molecule has 1 saturated carbocycles. The van der Waals surface area contributed by atoms with Crippen LogP contribution in [0.2, 0.25) is 5.02 Å². The van der Waals surface area contributed by atoms with Gasteiger partial charge in [0.25, 0.3) is 5.91 Å². The fourth-order valence-electron chi connectivity index (χ4n) is 3.73. The number of carbonyl (C=O) groups excluding carboxylic acids is 1. The number of amides is 1. The van der Waals surface area contributed by atoms with Crippen LogP contribution in [0.15, 0.2) is 42.0 Å². The topological polar surface area (TPSA) is 80.9 Å². The number of benzene rings is 1.